The topological polar surface area (TPSA) is 13.1 Å². The predicted molar refractivity (Wildman–Crippen MR) is 276 cm³/mol. The standard InChI is InChI=1S/C62H45N3/c1-42-23-27-46(28-24-42)52-18-12-22-60(62(52)47-29-25-43(2)26-30-47)65-59-21-11-8-17-55(59)56-40-39-51(41-61(56)65)63(48-33-31-45(32-34-48)44-13-4-3-5-14-44)49-35-37-50(38-36-49)64-57-19-9-6-15-53(57)54-16-7-10-20-58(54)64/h3-41H,1-2H3. The van der Waals surface area contributed by atoms with Gasteiger partial charge in [-0.15, -0.1) is 0 Å². The fourth-order valence-electron chi connectivity index (χ4n) is 9.91. The van der Waals surface area contributed by atoms with E-state index in [4.69, 9.17) is 0 Å². The molecule has 2 heterocycles. The summed E-state index contributed by atoms with van der Waals surface area (Å²) in [4.78, 5) is 2.40. The van der Waals surface area contributed by atoms with E-state index >= 15 is 0 Å². The van der Waals surface area contributed by atoms with Crippen LogP contribution in [0.2, 0.25) is 0 Å². The highest BCUT2D eigenvalue weighted by Gasteiger charge is 2.22. The first-order valence-corrected chi connectivity index (χ1v) is 22.4. The summed E-state index contributed by atoms with van der Waals surface area (Å²) in [6.45, 7) is 4.31. The van der Waals surface area contributed by atoms with Gasteiger partial charge in [0.15, 0.2) is 0 Å². The molecule has 0 radical (unpaired) electrons. The predicted octanol–water partition coefficient (Wildman–Crippen LogP) is 17.0. The van der Waals surface area contributed by atoms with Crippen LogP contribution in [0.1, 0.15) is 11.1 Å². The average Bonchev–Trinajstić information content (AvgIpc) is 3.88. The minimum absolute atomic E-state index is 1.07. The van der Waals surface area contributed by atoms with Crippen molar-refractivity contribution >= 4 is 60.7 Å². The highest BCUT2D eigenvalue weighted by atomic mass is 15.1. The molecule has 0 bridgehead atoms. The Hall–Kier alpha value is -8.40. The molecule has 0 aliphatic heterocycles. The number of benzene rings is 10. The molecule has 0 amide bonds. The number of hydrogen-bond acceptors (Lipinski definition) is 1. The summed E-state index contributed by atoms with van der Waals surface area (Å²) in [5.74, 6) is 0. The van der Waals surface area contributed by atoms with Crippen molar-refractivity contribution in [2.24, 2.45) is 0 Å². The normalized spacial score (nSPS) is 11.5. The Labute approximate surface area is 379 Å². The van der Waals surface area contributed by atoms with Crippen LogP contribution in [0.3, 0.4) is 0 Å². The minimum atomic E-state index is 1.07. The molecule has 0 N–H and O–H groups in total. The van der Waals surface area contributed by atoms with Gasteiger partial charge in [-0.25, -0.2) is 0 Å². The van der Waals surface area contributed by atoms with Crippen LogP contribution in [0, 0.1) is 13.8 Å². The Kier molecular flexibility index (Phi) is 9.28. The zero-order valence-electron chi connectivity index (χ0n) is 36.4. The minimum Gasteiger partial charge on any atom is -0.310 e. The molecule has 0 spiro atoms. The van der Waals surface area contributed by atoms with Crippen LogP contribution >= 0.6 is 0 Å². The largest absolute Gasteiger partial charge is 0.310 e. The first kappa shape index (κ1) is 38.3. The van der Waals surface area contributed by atoms with Gasteiger partial charge in [-0.2, -0.15) is 0 Å². The number of para-hydroxylation sites is 3. The summed E-state index contributed by atoms with van der Waals surface area (Å²) in [7, 11) is 0. The van der Waals surface area contributed by atoms with Crippen molar-refractivity contribution in [1.82, 2.24) is 9.13 Å². The average molecular weight is 832 g/mol. The van der Waals surface area contributed by atoms with Gasteiger partial charge in [-0.1, -0.05) is 175 Å². The van der Waals surface area contributed by atoms with E-state index < -0.39 is 0 Å². The van der Waals surface area contributed by atoms with E-state index in [-0.39, 0.29) is 0 Å². The van der Waals surface area contributed by atoms with E-state index in [1.54, 1.807) is 0 Å². The molecule has 3 nitrogen and oxygen atoms in total. The number of aromatic nitrogens is 2. The SMILES string of the molecule is Cc1ccc(-c2cccc(-n3c4ccccc4c4ccc(N(c5ccc(-c6ccccc6)cc5)c5ccc(-n6c7ccccc7c7ccccc76)cc5)cc43)c2-c2ccc(C)cc2)cc1. The number of aryl methyl sites for hydroxylation is 2. The maximum absolute atomic E-state index is 2.49. The zero-order valence-corrected chi connectivity index (χ0v) is 36.4. The first-order chi connectivity index (χ1) is 32.1. The highest BCUT2D eigenvalue weighted by Crippen LogP contribution is 2.44. The number of nitrogens with zero attached hydrogens (tertiary/aromatic N) is 3. The molecule has 0 atom stereocenters. The third-order valence-corrected chi connectivity index (χ3v) is 13.1. The molecule has 2 aromatic heterocycles. The molecule has 0 aliphatic rings. The second kappa shape index (κ2) is 15.7. The summed E-state index contributed by atoms with van der Waals surface area (Å²) in [6, 6.07) is 86.6. The highest BCUT2D eigenvalue weighted by molar-refractivity contribution is 6.12. The van der Waals surface area contributed by atoms with E-state index in [0.29, 0.717) is 0 Å². The van der Waals surface area contributed by atoms with Crippen LogP contribution < -0.4 is 4.90 Å². The molecule has 308 valence electrons. The second-order valence-electron chi connectivity index (χ2n) is 17.1. The lowest BCUT2D eigenvalue weighted by Crippen LogP contribution is -2.10. The van der Waals surface area contributed by atoms with E-state index in [1.807, 2.05) is 0 Å². The van der Waals surface area contributed by atoms with Crippen molar-refractivity contribution in [1.29, 1.82) is 0 Å². The summed E-state index contributed by atoms with van der Waals surface area (Å²) in [6.07, 6.45) is 0. The molecule has 0 saturated heterocycles. The van der Waals surface area contributed by atoms with Crippen LogP contribution in [-0.2, 0) is 0 Å². The Morgan fingerprint density at radius 3 is 1.37 bits per heavy atom. The second-order valence-corrected chi connectivity index (χ2v) is 17.1. The van der Waals surface area contributed by atoms with Crippen LogP contribution in [0.15, 0.2) is 237 Å². The van der Waals surface area contributed by atoms with Gasteiger partial charge in [0.05, 0.1) is 27.8 Å². The van der Waals surface area contributed by atoms with Gasteiger partial charge < -0.3 is 14.0 Å². The lowest BCUT2D eigenvalue weighted by atomic mass is 9.92. The summed E-state index contributed by atoms with van der Waals surface area (Å²) >= 11 is 0. The van der Waals surface area contributed by atoms with E-state index in [2.05, 4.69) is 264 Å². The monoisotopic (exact) mass is 831 g/mol. The summed E-state index contributed by atoms with van der Waals surface area (Å²) < 4.78 is 4.87. The van der Waals surface area contributed by atoms with Crippen LogP contribution in [0.5, 0.6) is 0 Å². The van der Waals surface area contributed by atoms with Crippen molar-refractivity contribution in [3.05, 3.63) is 248 Å². The van der Waals surface area contributed by atoms with Crippen LogP contribution in [0.25, 0.3) is 88.4 Å². The number of hydrogen-bond donors (Lipinski definition) is 0. The van der Waals surface area contributed by atoms with E-state index in [0.717, 1.165) is 34.0 Å². The maximum Gasteiger partial charge on any atom is 0.0562 e. The Balaban J connectivity index is 1.07. The van der Waals surface area contributed by atoms with Crippen molar-refractivity contribution in [3.63, 3.8) is 0 Å². The Bertz CT molecular complexity index is 3630. The molecule has 0 aliphatic carbocycles. The van der Waals surface area contributed by atoms with Crippen LogP contribution in [0.4, 0.5) is 17.1 Å². The molecular weight excluding hydrogens is 787 g/mol. The fraction of sp³-hybridized carbons (Fsp3) is 0.0323. The molecule has 12 rings (SSSR count). The molecular formula is C62H45N3. The van der Waals surface area contributed by atoms with Crippen molar-refractivity contribution in [3.8, 4) is 44.8 Å². The van der Waals surface area contributed by atoms with Gasteiger partial charge in [0.2, 0.25) is 0 Å². The van der Waals surface area contributed by atoms with Gasteiger partial charge in [0.1, 0.15) is 0 Å². The quantitative estimate of drug-likeness (QED) is 0.149. The van der Waals surface area contributed by atoms with Crippen molar-refractivity contribution < 1.29 is 0 Å². The van der Waals surface area contributed by atoms with Gasteiger partial charge in [-0.05, 0) is 114 Å². The number of rotatable bonds is 8. The summed E-state index contributed by atoms with van der Waals surface area (Å²) in [5.41, 5.74) is 19.9. The molecule has 3 heteroatoms. The lowest BCUT2D eigenvalue weighted by Gasteiger charge is -2.26. The van der Waals surface area contributed by atoms with Crippen molar-refractivity contribution in [2.45, 2.75) is 13.8 Å². The van der Waals surface area contributed by atoms with Crippen LogP contribution in [-0.4, -0.2) is 9.13 Å². The van der Waals surface area contributed by atoms with Gasteiger partial charge in [-0.3, -0.25) is 0 Å². The lowest BCUT2D eigenvalue weighted by molar-refractivity contribution is 1.17. The number of fused-ring (bicyclic) bond motifs is 6. The zero-order chi connectivity index (χ0) is 43.4. The molecule has 0 unspecified atom stereocenters. The van der Waals surface area contributed by atoms with Gasteiger partial charge >= 0.3 is 0 Å². The number of anilines is 3. The molecule has 65 heavy (non-hydrogen) atoms. The summed E-state index contributed by atoms with van der Waals surface area (Å²) in [5, 5.41) is 4.94. The third kappa shape index (κ3) is 6.60. The van der Waals surface area contributed by atoms with Crippen molar-refractivity contribution in [2.75, 3.05) is 4.90 Å². The third-order valence-electron chi connectivity index (χ3n) is 13.1. The molecule has 0 fully saturated rings. The Morgan fingerprint density at radius 2 is 0.769 bits per heavy atom. The smallest absolute Gasteiger partial charge is 0.0562 e. The van der Waals surface area contributed by atoms with Gasteiger partial charge in [0, 0.05) is 49.9 Å². The molecule has 12 aromatic rings. The van der Waals surface area contributed by atoms with E-state index in [1.165, 1.54) is 82.6 Å². The van der Waals surface area contributed by atoms with Gasteiger partial charge in [0.25, 0.3) is 0 Å². The first-order valence-electron chi connectivity index (χ1n) is 22.4. The molecule has 10 aromatic carbocycles. The van der Waals surface area contributed by atoms with E-state index in [9.17, 15) is 0 Å². The molecule has 0 saturated carbocycles. The maximum atomic E-state index is 2.49. The fourth-order valence-corrected chi connectivity index (χ4v) is 9.91. The Morgan fingerprint density at radius 1 is 0.308 bits per heavy atom.